The van der Waals surface area contributed by atoms with Crippen molar-refractivity contribution in [1.82, 2.24) is 19.8 Å². The predicted octanol–water partition coefficient (Wildman–Crippen LogP) is 5.00. The first-order valence-electron chi connectivity index (χ1n) is 15.2. The van der Waals surface area contributed by atoms with Crippen molar-refractivity contribution in [3.8, 4) is 0 Å². The molecule has 2 aliphatic heterocycles. The van der Waals surface area contributed by atoms with Crippen molar-refractivity contribution in [1.29, 1.82) is 0 Å². The summed E-state index contributed by atoms with van der Waals surface area (Å²) in [6.07, 6.45) is 1.59. The van der Waals surface area contributed by atoms with E-state index < -0.39 is 0 Å². The maximum absolute atomic E-state index is 13.9. The SMILES string of the molecule is Cc1cccc(N2CCN(CCNC(=O)C3CCN(c4nc5ccccc5n4Cc4cccc(F)c4)CC3)CC2)c1C. The Morgan fingerprint density at radius 1 is 0.905 bits per heavy atom. The Kier molecular flexibility index (Phi) is 8.42. The number of piperazine rings is 1. The van der Waals surface area contributed by atoms with Crippen LogP contribution < -0.4 is 15.1 Å². The van der Waals surface area contributed by atoms with Crippen LogP contribution in [0.4, 0.5) is 16.0 Å². The summed E-state index contributed by atoms with van der Waals surface area (Å²) in [5.74, 6) is 0.838. The van der Waals surface area contributed by atoms with Gasteiger partial charge in [-0.3, -0.25) is 9.69 Å². The van der Waals surface area contributed by atoms with E-state index in [1.165, 1.54) is 22.9 Å². The number of fused-ring (bicyclic) bond motifs is 1. The molecule has 0 bridgehead atoms. The minimum atomic E-state index is -0.232. The number of nitrogens with zero attached hydrogens (tertiary/aromatic N) is 5. The first-order chi connectivity index (χ1) is 20.5. The number of imidazole rings is 1. The van der Waals surface area contributed by atoms with Gasteiger partial charge in [-0.15, -0.1) is 0 Å². The topological polar surface area (TPSA) is 56.6 Å². The van der Waals surface area contributed by atoms with Gasteiger partial charge in [0.25, 0.3) is 0 Å². The number of hydrogen-bond donors (Lipinski definition) is 1. The average molecular weight is 569 g/mol. The van der Waals surface area contributed by atoms with Gasteiger partial charge in [-0.05, 0) is 73.7 Å². The number of nitrogens with one attached hydrogen (secondary N) is 1. The van der Waals surface area contributed by atoms with Gasteiger partial charge in [-0.1, -0.05) is 36.4 Å². The predicted molar refractivity (Wildman–Crippen MR) is 168 cm³/mol. The fourth-order valence-electron chi connectivity index (χ4n) is 6.39. The molecule has 7 nitrogen and oxygen atoms in total. The minimum absolute atomic E-state index is 0.0171. The van der Waals surface area contributed by atoms with Crippen molar-refractivity contribution in [2.45, 2.75) is 33.2 Å². The maximum Gasteiger partial charge on any atom is 0.223 e. The first-order valence-corrected chi connectivity index (χ1v) is 15.2. The number of carbonyl (C=O) groups excluding carboxylic acids is 1. The third-order valence-electron chi connectivity index (χ3n) is 9.03. The molecule has 4 aromatic rings. The largest absolute Gasteiger partial charge is 0.369 e. The van der Waals surface area contributed by atoms with Gasteiger partial charge >= 0.3 is 0 Å². The van der Waals surface area contributed by atoms with Gasteiger partial charge in [0, 0.05) is 64.0 Å². The Bertz CT molecular complexity index is 1530. The summed E-state index contributed by atoms with van der Waals surface area (Å²) < 4.78 is 16.1. The van der Waals surface area contributed by atoms with Crippen LogP contribution in [0.5, 0.6) is 0 Å². The van der Waals surface area contributed by atoms with E-state index in [9.17, 15) is 9.18 Å². The van der Waals surface area contributed by atoms with Gasteiger partial charge in [0.2, 0.25) is 11.9 Å². The van der Waals surface area contributed by atoms with Crippen LogP contribution in [0.3, 0.4) is 0 Å². The molecule has 3 aromatic carbocycles. The fourth-order valence-corrected chi connectivity index (χ4v) is 6.39. The second kappa shape index (κ2) is 12.5. The number of aryl methyl sites for hydroxylation is 1. The van der Waals surface area contributed by atoms with Gasteiger partial charge < -0.3 is 19.7 Å². The Balaban J connectivity index is 0.995. The van der Waals surface area contributed by atoms with Crippen LogP contribution in [0.2, 0.25) is 0 Å². The van der Waals surface area contributed by atoms with Crippen molar-refractivity contribution in [3.63, 3.8) is 0 Å². The zero-order valence-corrected chi connectivity index (χ0v) is 24.7. The lowest BCUT2D eigenvalue weighted by Crippen LogP contribution is -2.49. The number of benzene rings is 3. The van der Waals surface area contributed by atoms with Crippen LogP contribution in [0.25, 0.3) is 11.0 Å². The summed E-state index contributed by atoms with van der Waals surface area (Å²) in [4.78, 5) is 25.2. The van der Waals surface area contributed by atoms with Gasteiger partial charge in [0.05, 0.1) is 17.6 Å². The van der Waals surface area contributed by atoms with E-state index >= 15 is 0 Å². The molecule has 0 atom stereocenters. The first kappa shape index (κ1) is 28.2. The number of hydrogen-bond acceptors (Lipinski definition) is 5. The molecule has 2 saturated heterocycles. The molecule has 0 saturated carbocycles. The lowest BCUT2D eigenvalue weighted by molar-refractivity contribution is -0.125. The van der Waals surface area contributed by atoms with Crippen molar-refractivity contribution in [2.24, 2.45) is 5.92 Å². The smallest absolute Gasteiger partial charge is 0.223 e. The van der Waals surface area contributed by atoms with E-state index in [-0.39, 0.29) is 17.6 Å². The highest BCUT2D eigenvalue weighted by molar-refractivity contribution is 5.80. The van der Waals surface area contributed by atoms with Crippen molar-refractivity contribution < 1.29 is 9.18 Å². The van der Waals surface area contributed by atoms with Crippen LogP contribution in [-0.2, 0) is 11.3 Å². The number of piperidine rings is 1. The summed E-state index contributed by atoms with van der Waals surface area (Å²) in [7, 11) is 0. The number of para-hydroxylation sites is 2. The van der Waals surface area contributed by atoms with Crippen LogP contribution in [0.15, 0.2) is 66.7 Å². The Morgan fingerprint density at radius 3 is 2.45 bits per heavy atom. The number of aromatic nitrogens is 2. The quantitative estimate of drug-likeness (QED) is 0.325. The number of carbonyl (C=O) groups is 1. The van der Waals surface area contributed by atoms with Crippen LogP contribution >= 0.6 is 0 Å². The second-order valence-corrected chi connectivity index (χ2v) is 11.7. The zero-order valence-electron chi connectivity index (χ0n) is 24.7. The molecular weight excluding hydrogens is 527 g/mol. The molecule has 0 unspecified atom stereocenters. The van der Waals surface area contributed by atoms with Crippen molar-refractivity contribution >= 4 is 28.6 Å². The number of halogens is 1. The van der Waals surface area contributed by atoms with Gasteiger partial charge in [0.1, 0.15) is 5.82 Å². The van der Waals surface area contributed by atoms with Crippen LogP contribution in [0, 0.1) is 25.6 Å². The maximum atomic E-state index is 13.9. The van der Waals surface area contributed by atoms with Crippen molar-refractivity contribution in [3.05, 3.63) is 89.2 Å². The Labute approximate surface area is 247 Å². The lowest BCUT2D eigenvalue weighted by atomic mass is 9.96. The molecule has 2 aliphatic rings. The molecule has 8 heteroatoms. The minimum Gasteiger partial charge on any atom is -0.369 e. The molecule has 0 aliphatic carbocycles. The third-order valence-corrected chi connectivity index (χ3v) is 9.03. The molecule has 6 rings (SSSR count). The highest BCUT2D eigenvalue weighted by atomic mass is 19.1. The second-order valence-electron chi connectivity index (χ2n) is 11.7. The molecule has 0 radical (unpaired) electrons. The molecule has 2 fully saturated rings. The van der Waals surface area contributed by atoms with Gasteiger partial charge in [-0.2, -0.15) is 0 Å². The number of anilines is 2. The third kappa shape index (κ3) is 6.14. The summed E-state index contributed by atoms with van der Waals surface area (Å²) in [5.41, 5.74) is 6.92. The fraction of sp³-hybridized carbons (Fsp3) is 0.412. The van der Waals surface area contributed by atoms with Crippen molar-refractivity contribution in [2.75, 3.05) is 62.2 Å². The van der Waals surface area contributed by atoms with Crippen LogP contribution in [-0.4, -0.2) is 72.7 Å². The summed E-state index contributed by atoms with van der Waals surface area (Å²) in [6.45, 7) is 12.1. The summed E-state index contributed by atoms with van der Waals surface area (Å²) in [5, 5.41) is 3.22. The molecule has 1 N–H and O–H groups in total. The Morgan fingerprint density at radius 2 is 1.67 bits per heavy atom. The molecule has 42 heavy (non-hydrogen) atoms. The summed E-state index contributed by atoms with van der Waals surface area (Å²) >= 11 is 0. The molecule has 3 heterocycles. The monoisotopic (exact) mass is 568 g/mol. The molecule has 1 aromatic heterocycles. The molecule has 1 amide bonds. The standard InChI is InChI=1S/C34H41FN6O/c1-25-7-5-12-31(26(25)2)39-21-19-38(20-22-39)18-15-36-33(42)28-13-16-40(17-14-28)34-37-30-10-3-4-11-32(30)41(34)24-27-8-6-9-29(35)23-27/h3-12,23,28H,13-22,24H2,1-2H3,(H,36,42). The number of amides is 1. The van der Waals surface area contributed by atoms with E-state index in [0.717, 1.165) is 81.2 Å². The van der Waals surface area contributed by atoms with E-state index in [2.05, 4.69) is 62.7 Å². The number of rotatable bonds is 8. The van der Waals surface area contributed by atoms with E-state index in [1.54, 1.807) is 12.1 Å². The van der Waals surface area contributed by atoms with Crippen LogP contribution in [0.1, 0.15) is 29.5 Å². The highest BCUT2D eigenvalue weighted by Gasteiger charge is 2.28. The zero-order chi connectivity index (χ0) is 29.1. The summed E-state index contributed by atoms with van der Waals surface area (Å²) in [6, 6.07) is 21.4. The molecule has 220 valence electrons. The highest BCUT2D eigenvalue weighted by Crippen LogP contribution is 2.28. The molecular formula is C34H41FN6O. The van der Waals surface area contributed by atoms with E-state index in [4.69, 9.17) is 4.98 Å². The average Bonchev–Trinajstić information content (AvgIpc) is 3.37. The van der Waals surface area contributed by atoms with Gasteiger partial charge in [-0.25, -0.2) is 9.37 Å². The normalized spacial score (nSPS) is 16.7. The van der Waals surface area contributed by atoms with E-state index in [0.29, 0.717) is 13.1 Å². The van der Waals surface area contributed by atoms with Gasteiger partial charge in [0.15, 0.2) is 0 Å². The lowest BCUT2D eigenvalue weighted by Gasteiger charge is -2.37. The van der Waals surface area contributed by atoms with E-state index in [1.807, 2.05) is 24.3 Å². The molecule has 0 spiro atoms. The Hall–Kier alpha value is -3.91.